The van der Waals surface area contributed by atoms with Crippen LogP contribution in [0.15, 0.2) is 30.3 Å². The maximum absolute atomic E-state index is 12.3. The van der Waals surface area contributed by atoms with Crippen LogP contribution in [0.2, 0.25) is 0 Å². The van der Waals surface area contributed by atoms with E-state index in [4.69, 9.17) is 18.0 Å². The van der Waals surface area contributed by atoms with Gasteiger partial charge in [0.1, 0.15) is 0 Å². The van der Waals surface area contributed by atoms with E-state index in [-0.39, 0.29) is 5.91 Å². The molecule has 0 bridgehead atoms. The normalized spacial score (nSPS) is 18.3. The van der Waals surface area contributed by atoms with Crippen molar-refractivity contribution in [3.8, 4) is 0 Å². The third kappa shape index (κ3) is 3.32. The lowest BCUT2D eigenvalue weighted by atomic mass is 9.89. The van der Waals surface area contributed by atoms with Gasteiger partial charge in [-0.3, -0.25) is 4.79 Å². The van der Waals surface area contributed by atoms with Crippen LogP contribution in [0.5, 0.6) is 0 Å². The molecule has 1 saturated carbocycles. The van der Waals surface area contributed by atoms with Gasteiger partial charge < -0.3 is 11.1 Å². The molecule has 0 heterocycles. The first-order valence-electron chi connectivity index (χ1n) is 6.81. The first-order chi connectivity index (χ1) is 9.14. The first kappa shape index (κ1) is 14.0. The van der Waals surface area contributed by atoms with Crippen molar-refractivity contribution >= 4 is 23.1 Å². The van der Waals surface area contributed by atoms with Gasteiger partial charge >= 0.3 is 0 Å². The summed E-state index contributed by atoms with van der Waals surface area (Å²) in [5.74, 6) is -0.0877. The predicted octanol–water partition coefficient (Wildman–Crippen LogP) is 2.80. The van der Waals surface area contributed by atoms with Crippen LogP contribution < -0.4 is 11.1 Å². The van der Waals surface area contributed by atoms with E-state index in [1.807, 2.05) is 18.2 Å². The zero-order chi connectivity index (χ0) is 13.7. The third-order valence-corrected chi connectivity index (χ3v) is 4.21. The van der Waals surface area contributed by atoms with E-state index in [9.17, 15) is 4.79 Å². The Labute approximate surface area is 119 Å². The molecular formula is C15H20N2OS. The Hall–Kier alpha value is -1.42. The Morgan fingerprint density at radius 2 is 1.68 bits per heavy atom. The van der Waals surface area contributed by atoms with Gasteiger partial charge in [0.15, 0.2) is 0 Å². The number of rotatable bonds is 3. The molecule has 1 fully saturated rings. The predicted molar refractivity (Wildman–Crippen MR) is 81.1 cm³/mol. The van der Waals surface area contributed by atoms with Crippen LogP contribution in [0.25, 0.3) is 0 Å². The topological polar surface area (TPSA) is 55.1 Å². The zero-order valence-electron chi connectivity index (χ0n) is 11.0. The summed E-state index contributed by atoms with van der Waals surface area (Å²) in [7, 11) is 0. The average Bonchev–Trinajstić information content (AvgIpc) is 2.66. The van der Waals surface area contributed by atoms with Crippen LogP contribution in [0.4, 0.5) is 0 Å². The summed E-state index contributed by atoms with van der Waals surface area (Å²) in [6.07, 6.45) is 6.19. The lowest BCUT2D eigenvalue weighted by molar-refractivity contribution is 0.0917. The molecule has 0 radical (unpaired) electrons. The highest BCUT2D eigenvalue weighted by Gasteiger charge is 2.35. The number of hydrogen-bond acceptors (Lipinski definition) is 2. The van der Waals surface area contributed by atoms with Crippen molar-refractivity contribution in [1.29, 1.82) is 0 Å². The second-order valence-electron chi connectivity index (χ2n) is 5.18. The number of thiocarbonyl (C=S) groups is 1. The van der Waals surface area contributed by atoms with E-state index >= 15 is 0 Å². The summed E-state index contributed by atoms with van der Waals surface area (Å²) in [6.45, 7) is 0. The first-order valence-corrected chi connectivity index (χ1v) is 7.22. The van der Waals surface area contributed by atoms with E-state index in [2.05, 4.69) is 5.32 Å². The minimum absolute atomic E-state index is 0.0877. The largest absolute Gasteiger partial charge is 0.391 e. The highest BCUT2D eigenvalue weighted by molar-refractivity contribution is 7.80. The van der Waals surface area contributed by atoms with Crippen molar-refractivity contribution in [2.24, 2.45) is 5.73 Å². The van der Waals surface area contributed by atoms with Gasteiger partial charge in [-0.2, -0.15) is 0 Å². The summed E-state index contributed by atoms with van der Waals surface area (Å²) >= 11 is 5.22. The second-order valence-corrected chi connectivity index (χ2v) is 5.62. The Bertz CT molecular complexity index is 450. The van der Waals surface area contributed by atoms with E-state index < -0.39 is 5.54 Å². The Balaban J connectivity index is 2.17. The summed E-state index contributed by atoms with van der Waals surface area (Å²) in [5.41, 5.74) is 6.07. The molecule has 2 rings (SSSR count). The maximum Gasteiger partial charge on any atom is 0.252 e. The fraction of sp³-hybridized carbons (Fsp3) is 0.467. The number of nitrogens with two attached hydrogens (primary N) is 1. The number of carbonyl (C=O) groups excluding carboxylic acids is 1. The van der Waals surface area contributed by atoms with Gasteiger partial charge in [-0.1, -0.05) is 56.1 Å². The molecule has 0 unspecified atom stereocenters. The van der Waals surface area contributed by atoms with Crippen molar-refractivity contribution in [1.82, 2.24) is 5.32 Å². The van der Waals surface area contributed by atoms with E-state index in [0.717, 1.165) is 25.7 Å². The van der Waals surface area contributed by atoms with Crippen LogP contribution in [0, 0.1) is 0 Å². The van der Waals surface area contributed by atoms with E-state index in [1.165, 1.54) is 12.8 Å². The van der Waals surface area contributed by atoms with Crippen LogP contribution >= 0.6 is 12.2 Å². The van der Waals surface area contributed by atoms with Gasteiger partial charge in [0.25, 0.3) is 5.91 Å². The van der Waals surface area contributed by atoms with Crippen molar-refractivity contribution in [2.75, 3.05) is 0 Å². The number of hydrogen-bond donors (Lipinski definition) is 2. The Morgan fingerprint density at radius 3 is 2.21 bits per heavy atom. The second kappa shape index (κ2) is 6.15. The number of amides is 1. The molecule has 0 spiro atoms. The molecular weight excluding hydrogens is 256 g/mol. The van der Waals surface area contributed by atoms with Crippen LogP contribution in [0.3, 0.4) is 0 Å². The standard InChI is InChI=1S/C15H20N2OS/c16-14(19)15(10-6-1-2-7-11-15)17-13(18)12-8-4-3-5-9-12/h3-5,8-9H,1-2,6-7,10-11H2,(H2,16,19)(H,17,18). The number of carbonyl (C=O) groups is 1. The minimum atomic E-state index is -0.501. The van der Waals surface area contributed by atoms with Crippen molar-refractivity contribution in [2.45, 2.75) is 44.1 Å². The van der Waals surface area contributed by atoms with Gasteiger partial charge in [0.2, 0.25) is 0 Å². The SMILES string of the molecule is NC(=S)C1(NC(=O)c2ccccc2)CCCCCC1. The van der Waals surface area contributed by atoms with Gasteiger partial charge in [0, 0.05) is 5.56 Å². The van der Waals surface area contributed by atoms with E-state index in [0.29, 0.717) is 10.6 Å². The Morgan fingerprint density at radius 1 is 1.11 bits per heavy atom. The highest BCUT2D eigenvalue weighted by atomic mass is 32.1. The average molecular weight is 276 g/mol. The molecule has 3 nitrogen and oxygen atoms in total. The monoisotopic (exact) mass is 276 g/mol. The fourth-order valence-electron chi connectivity index (χ4n) is 2.64. The van der Waals surface area contributed by atoms with Crippen LogP contribution in [-0.2, 0) is 0 Å². The third-order valence-electron chi connectivity index (χ3n) is 3.82. The van der Waals surface area contributed by atoms with Gasteiger partial charge in [-0.15, -0.1) is 0 Å². The molecule has 1 aromatic carbocycles. The zero-order valence-corrected chi connectivity index (χ0v) is 11.8. The summed E-state index contributed by atoms with van der Waals surface area (Å²) < 4.78 is 0. The number of nitrogens with one attached hydrogen (secondary N) is 1. The molecule has 0 aromatic heterocycles. The molecule has 19 heavy (non-hydrogen) atoms. The van der Waals surface area contributed by atoms with Gasteiger partial charge in [-0.05, 0) is 25.0 Å². The summed E-state index contributed by atoms with van der Waals surface area (Å²) in [6, 6.07) is 9.22. The smallest absolute Gasteiger partial charge is 0.252 e. The highest BCUT2D eigenvalue weighted by Crippen LogP contribution is 2.28. The van der Waals surface area contributed by atoms with Gasteiger partial charge in [-0.25, -0.2) is 0 Å². The molecule has 3 N–H and O–H groups in total. The molecule has 1 aliphatic rings. The van der Waals surface area contributed by atoms with Crippen LogP contribution in [-0.4, -0.2) is 16.4 Å². The fourth-order valence-corrected chi connectivity index (χ4v) is 2.90. The molecule has 0 aliphatic heterocycles. The van der Waals surface area contributed by atoms with Crippen molar-refractivity contribution in [3.05, 3.63) is 35.9 Å². The van der Waals surface area contributed by atoms with Crippen LogP contribution in [0.1, 0.15) is 48.9 Å². The quantitative estimate of drug-likeness (QED) is 0.659. The molecule has 102 valence electrons. The molecule has 4 heteroatoms. The number of benzene rings is 1. The lowest BCUT2D eigenvalue weighted by Crippen LogP contribution is -2.56. The van der Waals surface area contributed by atoms with Crippen molar-refractivity contribution in [3.63, 3.8) is 0 Å². The summed E-state index contributed by atoms with van der Waals surface area (Å²) in [5, 5.41) is 3.08. The van der Waals surface area contributed by atoms with Gasteiger partial charge in [0.05, 0.1) is 10.5 Å². The molecule has 0 saturated heterocycles. The lowest BCUT2D eigenvalue weighted by Gasteiger charge is -2.32. The maximum atomic E-state index is 12.3. The minimum Gasteiger partial charge on any atom is -0.391 e. The molecule has 0 atom stereocenters. The van der Waals surface area contributed by atoms with Crippen molar-refractivity contribution < 1.29 is 4.79 Å². The molecule has 1 aliphatic carbocycles. The Kier molecular flexibility index (Phi) is 4.53. The van der Waals surface area contributed by atoms with E-state index in [1.54, 1.807) is 12.1 Å². The summed E-state index contributed by atoms with van der Waals surface area (Å²) in [4.78, 5) is 12.7. The molecule has 1 aromatic rings. The molecule has 1 amide bonds.